The zero-order chi connectivity index (χ0) is 21.1. The first-order chi connectivity index (χ1) is 14.0. The van der Waals surface area contributed by atoms with E-state index >= 15 is 0 Å². The highest BCUT2D eigenvalue weighted by molar-refractivity contribution is 5.93. The lowest BCUT2D eigenvalue weighted by Crippen LogP contribution is -2.44. The van der Waals surface area contributed by atoms with Crippen LogP contribution < -0.4 is 10.6 Å². The molecule has 2 heterocycles. The van der Waals surface area contributed by atoms with E-state index in [-0.39, 0.29) is 49.8 Å². The van der Waals surface area contributed by atoms with Crippen molar-refractivity contribution in [1.82, 2.24) is 15.2 Å². The van der Waals surface area contributed by atoms with E-state index < -0.39 is 0 Å². The predicted molar refractivity (Wildman–Crippen MR) is 107 cm³/mol. The van der Waals surface area contributed by atoms with Gasteiger partial charge in [-0.05, 0) is 37.5 Å². The lowest BCUT2D eigenvalue weighted by atomic mass is 10.2. The lowest BCUT2D eigenvalue weighted by molar-refractivity contribution is -0.137. The van der Waals surface area contributed by atoms with Gasteiger partial charge >= 0.3 is 0 Å². The van der Waals surface area contributed by atoms with E-state index in [9.17, 15) is 14.4 Å². The Morgan fingerprint density at radius 1 is 1.31 bits per heavy atom. The molecule has 1 aliphatic rings. The molecule has 9 heteroatoms. The van der Waals surface area contributed by atoms with E-state index in [1.165, 1.54) is 12.0 Å². The van der Waals surface area contributed by atoms with Crippen LogP contribution in [0.4, 0.5) is 5.82 Å². The number of nitrogens with one attached hydrogen (secondary N) is 2. The number of carbonyl (C=O) groups excluding carboxylic acids is 3. The van der Waals surface area contributed by atoms with Crippen molar-refractivity contribution >= 4 is 23.5 Å². The summed E-state index contributed by atoms with van der Waals surface area (Å²) >= 11 is 0. The minimum absolute atomic E-state index is 0.000376. The van der Waals surface area contributed by atoms with Gasteiger partial charge in [0.05, 0.1) is 19.3 Å². The van der Waals surface area contributed by atoms with Crippen LogP contribution in [0.1, 0.15) is 31.2 Å². The number of ether oxygens (including phenoxy) is 2. The van der Waals surface area contributed by atoms with Crippen LogP contribution in [0.2, 0.25) is 0 Å². The number of hydrogen-bond acceptors (Lipinski definition) is 6. The number of nitrogens with zero attached hydrogens (tertiary/aromatic N) is 2. The summed E-state index contributed by atoms with van der Waals surface area (Å²) in [4.78, 5) is 42.3. The van der Waals surface area contributed by atoms with Crippen molar-refractivity contribution in [2.45, 2.75) is 38.7 Å². The number of carbonyl (C=O) groups is 3. The maximum absolute atomic E-state index is 12.5. The first kappa shape index (κ1) is 22.8. The number of aromatic nitrogens is 1. The molecule has 1 aliphatic heterocycles. The van der Waals surface area contributed by atoms with Crippen molar-refractivity contribution in [3.63, 3.8) is 0 Å². The van der Waals surface area contributed by atoms with Gasteiger partial charge in [-0.2, -0.15) is 0 Å². The summed E-state index contributed by atoms with van der Waals surface area (Å²) in [6.45, 7) is 3.58. The molecule has 1 atom stereocenters. The molecule has 1 saturated heterocycles. The van der Waals surface area contributed by atoms with Crippen LogP contribution in [-0.2, 0) is 23.9 Å². The van der Waals surface area contributed by atoms with Crippen LogP contribution in [0.25, 0.3) is 0 Å². The molecule has 0 aromatic carbocycles. The van der Waals surface area contributed by atoms with E-state index in [1.54, 1.807) is 12.3 Å². The van der Waals surface area contributed by atoms with Crippen molar-refractivity contribution < 1.29 is 23.9 Å². The van der Waals surface area contributed by atoms with Gasteiger partial charge < -0.3 is 25.0 Å². The Balaban J connectivity index is 1.78. The predicted octanol–water partition coefficient (Wildman–Crippen LogP) is 0.879. The van der Waals surface area contributed by atoms with Gasteiger partial charge in [-0.3, -0.25) is 14.4 Å². The molecular weight excluding hydrogens is 376 g/mol. The maximum Gasteiger partial charge on any atom is 0.239 e. The largest absolute Gasteiger partial charge is 0.383 e. The summed E-state index contributed by atoms with van der Waals surface area (Å²) in [5, 5.41) is 5.48. The number of hydrogen-bond donors (Lipinski definition) is 2. The summed E-state index contributed by atoms with van der Waals surface area (Å²) in [6, 6.07) is 3.58. The van der Waals surface area contributed by atoms with Gasteiger partial charge in [0.15, 0.2) is 0 Å². The quantitative estimate of drug-likeness (QED) is 0.565. The number of pyridine rings is 1. The summed E-state index contributed by atoms with van der Waals surface area (Å²) in [7, 11) is 1.53. The van der Waals surface area contributed by atoms with E-state index in [2.05, 4.69) is 15.6 Å². The number of rotatable bonds is 11. The van der Waals surface area contributed by atoms with E-state index in [4.69, 9.17) is 9.47 Å². The van der Waals surface area contributed by atoms with E-state index in [1.807, 2.05) is 13.0 Å². The minimum atomic E-state index is -0.300. The second-order valence-electron chi connectivity index (χ2n) is 7.01. The Kier molecular flexibility index (Phi) is 9.52. The number of amides is 3. The Bertz CT molecular complexity index is 691. The third kappa shape index (κ3) is 8.57. The van der Waals surface area contributed by atoms with Gasteiger partial charge in [-0.1, -0.05) is 0 Å². The first-order valence-electron chi connectivity index (χ1n) is 9.85. The van der Waals surface area contributed by atoms with Gasteiger partial charge in [-0.25, -0.2) is 4.98 Å². The smallest absolute Gasteiger partial charge is 0.239 e. The molecule has 9 nitrogen and oxygen atoms in total. The monoisotopic (exact) mass is 406 g/mol. The molecule has 2 rings (SSSR count). The van der Waals surface area contributed by atoms with Gasteiger partial charge in [0.25, 0.3) is 0 Å². The standard InChI is InChI=1S/C20H30N4O5/c1-15-7-8-21-17(12-15)23-18(25)5-6-20(27)24(9-11-28-2)14-19(26)22-13-16-4-3-10-29-16/h7-8,12,16H,3-6,9-11,13-14H2,1-2H3,(H,22,26)(H,21,23,25)/t16-/m1/s1. The molecule has 0 radical (unpaired) electrons. The van der Waals surface area contributed by atoms with Crippen molar-refractivity contribution in [3.05, 3.63) is 23.9 Å². The fourth-order valence-electron chi connectivity index (χ4n) is 2.94. The van der Waals surface area contributed by atoms with Crippen LogP contribution in [0.5, 0.6) is 0 Å². The van der Waals surface area contributed by atoms with Crippen molar-refractivity contribution in [1.29, 1.82) is 0 Å². The first-order valence-corrected chi connectivity index (χ1v) is 9.85. The van der Waals surface area contributed by atoms with Gasteiger partial charge in [0.2, 0.25) is 17.7 Å². The van der Waals surface area contributed by atoms with E-state index in [0.717, 1.165) is 25.0 Å². The Morgan fingerprint density at radius 2 is 2.14 bits per heavy atom. The summed E-state index contributed by atoms with van der Waals surface area (Å²) in [5.41, 5.74) is 0.978. The van der Waals surface area contributed by atoms with Crippen LogP contribution in [0, 0.1) is 6.92 Å². The highest BCUT2D eigenvalue weighted by Gasteiger charge is 2.20. The zero-order valence-corrected chi connectivity index (χ0v) is 17.1. The molecule has 1 fully saturated rings. The normalized spacial score (nSPS) is 15.7. The molecule has 160 valence electrons. The van der Waals surface area contributed by atoms with Gasteiger partial charge in [0, 0.05) is 45.8 Å². The number of anilines is 1. The highest BCUT2D eigenvalue weighted by atomic mass is 16.5. The second kappa shape index (κ2) is 12.1. The fourth-order valence-corrected chi connectivity index (χ4v) is 2.94. The molecule has 0 aliphatic carbocycles. The Hall–Kier alpha value is -2.52. The number of methoxy groups -OCH3 is 1. The average molecular weight is 406 g/mol. The molecular formula is C20H30N4O5. The molecule has 0 bridgehead atoms. The van der Waals surface area contributed by atoms with Crippen molar-refractivity contribution in [2.75, 3.05) is 45.3 Å². The van der Waals surface area contributed by atoms with Crippen LogP contribution in [0.15, 0.2) is 18.3 Å². The van der Waals surface area contributed by atoms with Crippen molar-refractivity contribution in [3.8, 4) is 0 Å². The van der Waals surface area contributed by atoms with Crippen LogP contribution in [-0.4, -0.2) is 73.7 Å². The molecule has 29 heavy (non-hydrogen) atoms. The summed E-state index contributed by atoms with van der Waals surface area (Å²) in [5.74, 6) is -0.377. The topological polar surface area (TPSA) is 110 Å². The average Bonchev–Trinajstić information content (AvgIpc) is 3.21. The minimum Gasteiger partial charge on any atom is -0.383 e. The van der Waals surface area contributed by atoms with Crippen LogP contribution in [0.3, 0.4) is 0 Å². The van der Waals surface area contributed by atoms with E-state index in [0.29, 0.717) is 19.0 Å². The molecule has 2 N–H and O–H groups in total. The third-order valence-electron chi connectivity index (χ3n) is 4.55. The molecule has 1 aromatic rings. The van der Waals surface area contributed by atoms with Crippen LogP contribution >= 0.6 is 0 Å². The Morgan fingerprint density at radius 3 is 2.83 bits per heavy atom. The zero-order valence-electron chi connectivity index (χ0n) is 17.1. The molecule has 0 saturated carbocycles. The maximum atomic E-state index is 12.5. The molecule has 1 aromatic heterocycles. The van der Waals surface area contributed by atoms with Gasteiger partial charge in [0.1, 0.15) is 5.82 Å². The second-order valence-corrected chi connectivity index (χ2v) is 7.01. The molecule has 0 spiro atoms. The molecule has 0 unspecified atom stereocenters. The Labute approximate surface area is 171 Å². The van der Waals surface area contributed by atoms with Gasteiger partial charge in [-0.15, -0.1) is 0 Å². The highest BCUT2D eigenvalue weighted by Crippen LogP contribution is 2.10. The fraction of sp³-hybridized carbons (Fsp3) is 0.600. The van der Waals surface area contributed by atoms with Crippen molar-refractivity contribution in [2.24, 2.45) is 0 Å². The summed E-state index contributed by atoms with van der Waals surface area (Å²) in [6.07, 6.45) is 3.59. The lowest BCUT2D eigenvalue weighted by Gasteiger charge is -2.22. The summed E-state index contributed by atoms with van der Waals surface area (Å²) < 4.78 is 10.5. The third-order valence-corrected chi connectivity index (χ3v) is 4.55. The molecule has 3 amide bonds. The SMILES string of the molecule is COCCN(CC(=O)NC[C@H]1CCCO1)C(=O)CCC(=O)Nc1cc(C)ccn1. The number of aryl methyl sites for hydroxylation is 1.